The summed E-state index contributed by atoms with van der Waals surface area (Å²) >= 11 is 1.41. The van der Waals surface area contributed by atoms with Gasteiger partial charge in [-0.05, 0) is 30.4 Å². The average Bonchev–Trinajstić information content (AvgIpc) is 3.03. The Morgan fingerprint density at radius 2 is 1.96 bits per heavy atom. The van der Waals surface area contributed by atoms with Crippen LogP contribution in [0.4, 0.5) is 9.52 Å². The van der Waals surface area contributed by atoms with E-state index in [1.807, 2.05) is 13.8 Å². The van der Waals surface area contributed by atoms with Crippen LogP contribution in [0.25, 0.3) is 0 Å². The Hall–Kier alpha value is -1.58. The molecular formula is C18H25FN4O2S2. The maximum atomic E-state index is 13.8. The number of nitrogens with zero attached hydrogens (tertiary/aromatic N) is 3. The smallest absolute Gasteiger partial charge is 0.214 e. The largest absolute Gasteiger partial charge is 0.357 e. The molecule has 9 heteroatoms. The highest BCUT2D eigenvalue weighted by Crippen LogP contribution is 2.24. The van der Waals surface area contributed by atoms with E-state index in [4.69, 9.17) is 0 Å². The van der Waals surface area contributed by atoms with E-state index in [2.05, 4.69) is 15.5 Å². The van der Waals surface area contributed by atoms with Crippen molar-refractivity contribution in [1.29, 1.82) is 0 Å². The lowest BCUT2D eigenvalue weighted by atomic mass is 10.1. The van der Waals surface area contributed by atoms with Gasteiger partial charge in [0.1, 0.15) is 10.8 Å². The maximum absolute atomic E-state index is 13.8. The van der Waals surface area contributed by atoms with Crippen LogP contribution in [0.2, 0.25) is 0 Å². The Morgan fingerprint density at radius 1 is 1.26 bits per heavy atom. The topological polar surface area (TPSA) is 75.2 Å². The molecular weight excluding hydrogens is 387 g/mol. The SMILES string of the molecule is CC(C)CS(=O)(=O)N1CCC(Nc2nnc(Cc3ccccc3F)s2)CC1. The number of sulfonamides is 1. The highest BCUT2D eigenvalue weighted by Gasteiger charge is 2.28. The molecule has 1 N–H and O–H groups in total. The van der Waals surface area contributed by atoms with E-state index in [0.29, 0.717) is 30.2 Å². The van der Waals surface area contributed by atoms with Gasteiger partial charge < -0.3 is 5.32 Å². The number of halogens is 1. The van der Waals surface area contributed by atoms with Gasteiger partial charge in [0.15, 0.2) is 0 Å². The van der Waals surface area contributed by atoms with Crippen LogP contribution in [0.3, 0.4) is 0 Å². The molecule has 0 spiro atoms. The van der Waals surface area contributed by atoms with Crippen LogP contribution in [0, 0.1) is 11.7 Å². The van der Waals surface area contributed by atoms with Crippen molar-refractivity contribution >= 4 is 26.5 Å². The fraction of sp³-hybridized carbons (Fsp3) is 0.556. The molecule has 0 atom stereocenters. The van der Waals surface area contributed by atoms with Gasteiger partial charge >= 0.3 is 0 Å². The Morgan fingerprint density at radius 3 is 2.63 bits per heavy atom. The van der Waals surface area contributed by atoms with Gasteiger partial charge in [-0.15, -0.1) is 10.2 Å². The minimum Gasteiger partial charge on any atom is -0.357 e. The van der Waals surface area contributed by atoms with E-state index in [1.165, 1.54) is 17.4 Å². The number of hydrogen-bond acceptors (Lipinski definition) is 6. The summed E-state index contributed by atoms with van der Waals surface area (Å²) in [5.74, 6) is 0.0817. The standard InChI is InChI=1S/C18H25FN4O2S2/c1-13(2)12-27(24,25)23-9-7-15(8-10-23)20-18-22-21-17(26-18)11-14-5-3-4-6-16(14)19/h3-6,13,15H,7-12H2,1-2H3,(H,20,22). The second kappa shape index (κ2) is 8.62. The fourth-order valence-electron chi connectivity index (χ4n) is 3.17. The van der Waals surface area contributed by atoms with Crippen molar-refractivity contribution in [3.63, 3.8) is 0 Å². The first kappa shape index (κ1) is 20.2. The minimum atomic E-state index is -3.17. The van der Waals surface area contributed by atoms with Crippen LogP contribution in [0.1, 0.15) is 37.3 Å². The van der Waals surface area contributed by atoms with Crippen molar-refractivity contribution in [3.05, 3.63) is 40.7 Å². The zero-order chi connectivity index (χ0) is 19.4. The second-order valence-corrected chi connectivity index (χ2v) is 10.3. The van der Waals surface area contributed by atoms with Crippen molar-refractivity contribution in [2.45, 2.75) is 39.2 Å². The molecule has 6 nitrogen and oxygen atoms in total. The molecule has 0 aliphatic carbocycles. The molecule has 0 saturated carbocycles. The van der Waals surface area contributed by atoms with Crippen LogP contribution in [-0.4, -0.2) is 47.8 Å². The van der Waals surface area contributed by atoms with Crippen molar-refractivity contribution in [1.82, 2.24) is 14.5 Å². The third-order valence-corrected chi connectivity index (χ3v) is 7.58. The molecule has 0 radical (unpaired) electrons. The molecule has 1 aromatic heterocycles. The number of rotatable bonds is 7. The van der Waals surface area contributed by atoms with E-state index in [9.17, 15) is 12.8 Å². The lowest BCUT2D eigenvalue weighted by molar-refractivity contribution is 0.328. The maximum Gasteiger partial charge on any atom is 0.214 e. The van der Waals surface area contributed by atoms with E-state index in [0.717, 1.165) is 17.8 Å². The molecule has 3 rings (SSSR count). The molecule has 2 heterocycles. The predicted octanol–water partition coefficient (Wildman–Crippen LogP) is 3.13. The number of hydrogen-bond donors (Lipinski definition) is 1. The Balaban J connectivity index is 1.53. The first-order chi connectivity index (χ1) is 12.8. The lowest BCUT2D eigenvalue weighted by Crippen LogP contribution is -2.43. The second-order valence-electron chi connectivity index (χ2n) is 7.26. The first-order valence-corrected chi connectivity index (χ1v) is 11.6. The molecule has 2 aromatic rings. The zero-order valence-electron chi connectivity index (χ0n) is 15.6. The average molecular weight is 413 g/mol. The third kappa shape index (κ3) is 5.46. The van der Waals surface area contributed by atoms with Crippen molar-refractivity contribution < 1.29 is 12.8 Å². The van der Waals surface area contributed by atoms with Gasteiger partial charge in [0.05, 0.1) is 5.75 Å². The molecule has 1 aromatic carbocycles. The van der Waals surface area contributed by atoms with Gasteiger partial charge in [0.25, 0.3) is 0 Å². The molecule has 1 fully saturated rings. The number of piperidine rings is 1. The molecule has 1 aliphatic heterocycles. The molecule has 148 valence electrons. The molecule has 1 saturated heterocycles. The quantitative estimate of drug-likeness (QED) is 0.756. The summed E-state index contributed by atoms with van der Waals surface area (Å²) in [6.45, 7) is 4.88. The number of anilines is 1. The van der Waals surface area contributed by atoms with Crippen LogP contribution in [0.15, 0.2) is 24.3 Å². The van der Waals surface area contributed by atoms with Crippen molar-refractivity contribution in [2.24, 2.45) is 5.92 Å². The first-order valence-electron chi connectivity index (χ1n) is 9.13. The van der Waals surface area contributed by atoms with E-state index in [1.54, 1.807) is 22.5 Å². The number of nitrogens with one attached hydrogen (secondary N) is 1. The van der Waals surface area contributed by atoms with Crippen LogP contribution < -0.4 is 5.32 Å². The minimum absolute atomic E-state index is 0.125. The van der Waals surface area contributed by atoms with E-state index in [-0.39, 0.29) is 23.5 Å². The van der Waals surface area contributed by atoms with Gasteiger partial charge in [-0.2, -0.15) is 0 Å². The van der Waals surface area contributed by atoms with Crippen molar-refractivity contribution in [3.8, 4) is 0 Å². The van der Waals surface area contributed by atoms with Crippen LogP contribution >= 0.6 is 11.3 Å². The van der Waals surface area contributed by atoms with Crippen LogP contribution in [-0.2, 0) is 16.4 Å². The van der Waals surface area contributed by atoms with Gasteiger partial charge in [-0.25, -0.2) is 17.1 Å². The molecule has 1 aliphatic rings. The molecule has 0 amide bonds. The summed E-state index contributed by atoms with van der Waals surface area (Å²) in [5, 5.41) is 13.1. The third-order valence-electron chi connectivity index (χ3n) is 4.49. The van der Waals surface area contributed by atoms with Gasteiger partial charge in [0, 0.05) is 25.6 Å². The highest BCUT2D eigenvalue weighted by atomic mass is 32.2. The molecule has 0 unspecified atom stereocenters. The Bertz CT molecular complexity index is 862. The highest BCUT2D eigenvalue weighted by molar-refractivity contribution is 7.89. The number of aromatic nitrogens is 2. The molecule has 0 bridgehead atoms. The summed E-state index contributed by atoms with van der Waals surface area (Å²) < 4.78 is 40.0. The summed E-state index contributed by atoms with van der Waals surface area (Å²) in [6, 6.07) is 6.83. The monoisotopic (exact) mass is 412 g/mol. The predicted molar refractivity (Wildman–Crippen MR) is 106 cm³/mol. The van der Waals surface area contributed by atoms with E-state index >= 15 is 0 Å². The summed E-state index contributed by atoms with van der Waals surface area (Å²) in [7, 11) is -3.17. The summed E-state index contributed by atoms with van der Waals surface area (Å²) in [5.41, 5.74) is 0.601. The molecule has 27 heavy (non-hydrogen) atoms. The fourth-order valence-corrected chi connectivity index (χ4v) is 5.83. The van der Waals surface area contributed by atoms with Crippen LogP contribution in [0.5, 0.6) is 0 Å². The van der Waals surface area contributed by atoms with Gasteiger partial charge in [0.2, 0.25) is 15.2 Å². The van der Waals surface area contributed by atoms with Gasteiger partial charge in [-0.1, -0.05) is 43.4 Å². The zero-order valence-corrected chi connectivity index (χ0v) is 17.2. The summed E-state index contributed by atoms with van der Waals surface area (Å²) in [4.78, 5) is 0. The lowest BCUT2D eigenvalue weighted by Gasteiger charge is -2.31. The Labute approximate surface area is 163 Å². The summed E-state index contributed by atoms with van der Waals surface area (Å²) in [6.07, 6.45) is 1.89. The normalized spacial score (nSPS) is 16.7. The van der Waals surface area contributed by atoms with Crippen molar-refractivity contribution in [2.75, 3.05) is 24.2 Å². The number of benzene rings is 1. The van der Waals surface area contributed by atoms with Gasteiger partial charge in [-0.3, -0.25) is 0 Å². The Kier molecular flexibility index (Phi) is 6.44. The van der Waals surface area contributed by atoms with E-state index < -0.39 is 10.0 Å².